The molecule has 2 N–H and O–H groups in total. The van der Waals surface area contributed by atoms with Crippen molar-refractivity contribution in [1.29, 1.82) is 0 Å². The minimum Gasteiger partial charge on any atom is -0.490 e. The summed E-state index contributed by atoms with van der Waals surface area (Å²) in [6.45, 7) is 1.60. The van der Waals surface area contributed by atoms with Crippen molar-refractivity contribution in [2.75, 3.05) is 18.1 Å². The second kappa shape index (κ2) is 8.66. The van der Waals surface area contributed by atoms with Crippen LogP contribution >= 0.6 is 11.6 Å². The first-order valence-corrected chi connectivity index (χ1v) is 9.01. The fourth-order valence-electron chi connectivity index (χ4n) is 2.67. The Labute approximate surface area is 171 Å². The van der Waals surface area contributed by atoms with Gasteiger partial charge in [-0.25, -0.2) is 14.5 Å². The van der Waals surface area contributed by atoms with Gasteiger partial charge in [-0.05, 0) is 55.0 Å². The minimum absolute atomic E-state index is 0.0894. The molecule has 150 valence electrons. The molecule has 0 spiro atoms. The van der Waals surface area contributed by atoms with Gasteiger partial charge < -0.3 is 19.9 Å². The molecule has 2 aromatic carbocycles. The van der Waals surface area contributed by atoms with Crippen LogP contribution in [0.25, 0.3) is 6.08 Å². The third kappa shape index (κ3) is 4.67. The highest BCUT2D eigenvalue weighted by Crippen LogP contribution is 2.30. The van der Waals surface area contributed by atoms with E-state index in [1.54, 1.807) is 49.4 Å². The van der Waals surface area contributed by atoms with Crippen LogP contribution in [0.5, 0.6) is 11.5 Å². The number of hydrogen-bond donors (Lipinski definition) is 2. The molecule has 1 aliphatic rings. The molecule has 1 saturated heterocycles. The number of hydrogen-bond acceptors (Lipinski definition) is 5. The molecule has 8 nitrogen and oxygen atoms in total. The first-order valence-electron chi connectivity index (χ1n) is 8.63. The largest absolute Gasteiger partial charge is 0.490 e. The Morgan fingerprint density at radius 2 is 1.86 bits per heavy atom. The normalized spacial score (nSPS) is 14.8. The number of urea groups is 1. The number of anilines is 1. The maximum absolute atomic E-state index is 12.7. The van der Waals surface area contributed by atoms with E-state index in [2.05, 4.69) is 5.32 Å². The van der Waals surface area contributed by atoms with Gasteiger partial charge >= 0.3 is 12.0 Å². The van der Waals surface area contributed by atoms with Crippen molar-refractivity contribution in [2.45, 2.75) is 6.92 Å². The van der Waals surface area contributed by atoms with Gasteiger partial charge in [-0.2, -0.15) is 0 Å². The van der Waals surface area contributed by atoms with Crippen LogP contribution in [0.4, 0.5) is 10.5 Å². The zero-order chi connectivity index (χ0) is 21.0. The highest BCUT2D eigenvalue weighted by molar-refractivity contribution is 6.31. The highest BCUT2D eigenvalue weighted by Gasteiger charge is 2.34. The molecule has 2 aromatic rings. The van der Waals surface area contributed by atoms with E-state index < -0.39 is 24.5 Å². The SMILES string of the molecule is CCOc1cc(/C=C2/NC(=O)N(c3ccc(Cl)cc3)C2=O)ccc1OCC(=O)O. The molecule has 1 fully saturated rings. The van der Waals surface area contributed by atoms with Gasteiger partial charge in [0.25, 0.3) is 5.91 Å². The number of nitrogens with zero attached hydrogens (tertiary/aromatic N) is 1. The van der Waals surface area contributed by atoms with Crippen LogP contribution in [-0.2, 0) is 9.59 Å². The lowest BCUT2D eigenvalue weighted by atomic mass is 10.1. The van der Waals surface area contributed by atoms with E-state index in [0.29, 0.717) is 28.6 Å². The number of halogens is 1. The standard InChI is InChI=1S/C20H17ClN2O6/c1-2-28-17-10-12(3-8-16(17)29-11-18(24)25)9-15-19(26)23(20(27)22-15)14-6-4-13(21)5-7-14/h3-10H,2,11H2,1H3,(H,22,27)(H,24,25)/b15-9+. The van der Waals surface area contributed by atoms with Crippen LogP contribution in [0.3, 0.4) is 0 Å². The van der Waals surface area contributed by atoms with Gasteiger partial charge in [0.05, 0.1) is 12.3 Å². The Balaban J connectivity index is 1.86. The average molecular weight is 417 g/mol. The molecule has 1 heterocycles. The molecular formula is C20H17ClN2O6. The van der Waals surface area contributed by atoms with Gasteiger partial charge in [0.15, 0.2) is 18.1 Å². The van der Waals surface area contributed by atoms with Crippen molar-refractivity contribution in [1.82, 2.24) is 5.32 Å². The van der Waals surface area contributed by atoms with Crippen molar-refractivity contribution < 1.29 is 29.0 Å². The Kier molecular flexibility index (Phi) is 6.04. The zero-order valence-corrected chi connectivity index (χ0v) is 16.1. The molecule has 0 aliphatic carbocycles. The average Bonchev–Trinajstić information content (AvgIpc) is 2.95. The summed E-state index contributed by atoms with van der Waals surface area (Å²) in [4.78, 5) is 36.7. The van der Waals surface area contributed by atoms with Crippen molar-refractivity contribution in [2.24, 2.45) is 0 Å². The monoisotopic (exact) mass is 416 g/mol. The van der Waals surface area contributed by atoms with Crippen LogP contribution in [-0.4, -0.2) is 36.2 Å². The van der Waals surface area contributed by atoms with E-state index >= 15 is 0 Å². The number of benzene rings is 2. The molecule has 0 radical (unpaired) electrons. The third-order valence-electron chi connectivity index (χ3n) is 3.89. The van der Waals surface area contributed by atoms with Crippen LogP contribution in [0.15, 0.2) is 48.2 Å². The van der Waals surface area contributed by atoms with E-state index in [1.807, 2.05) is 0 Å². The molecule has 3 rings (SSSR count). The lowest BCUT2D eigenvalue weighted by Gasteiger charge is -2.12. The molecule has 3 amide bonds. The topological polar surface area (TPSA) is 105 Å². The molecule has 0 aromatic heterocycles. The summed E-state index contributed by atoms with van der Waals surface area (Å²) in [6.07, 6.45) is 1.50. The Morgan fingerprint density at radius 3 is 2.52 bits per heavy atom. The number of carbonyl (C=O) groups excluding carboxylic acids is 2. The number of nitrogens with one attached hydrogen (secondary N) is 1. The van der Waals surface area contributed by atoms with Crippen molar-refractivity contribution in [3.63, 3.8) is 0 Å². The fourth-order valence-corrected chi connectivity index (χ4v) is 2.79. The summed E-state index contributed by atoms with van der Waals surface area (Å²) in [7, 11) is 0. The lowest BCUT2D eigenvalue weighted by Crippen LogP contribution is -2.30. The summed E-state index contributed by atoms with van der Waals surface area (Å²) in [6, 6.07) is 10.5. The lowest BCUT2D eigenvalue weighted by molar-refractivity contribution is -0.139. The van der Waals surface area contributed by atoms with E-state index in [0.717, 1.165) is 4.90 Å². The second-order valence-corrected chi connectivity index (χ2v) is 6.36. The van der Waals surface area contributed by atoms with Gasteiger partial charge in [0, 0.05) is 5.02 Å². The van der Waals surface area contributed by atoms with E-state index in [1.165, 1.54) is 6.08 Å². The Morgan fingerprint density at radius 1 is 1.14 bits per heavy atom. The summed E-state index contributed by atoms with van der Waals surface area (Å²) >= 11 is 5.85. The number of rotatable bonds is 7. The molecule has 9 heteroatoms. The van der Waals surface area contributed by atoms with Gasteiger partial charge in [-0.15, -0.1) is 0 Å². The van der Waals surface area contributed by atoms with Crippen LogP contribution in [0.1, 0.15) is 12.5 Å². The number of amides is 3. The van der Waals surface area contributed by atoms with Gasteiger partial charge in [-0.3, -0.25) is 4.79 Å². The van der Waals surface area contributed by atoms with Crippen LogP contribution in [0.2, 0.25) is 5.02 Å². The quantitative estimate of drug-likeness (QED) is 0.530. The zero-order valence-electron chi connectivity index (χ0n) is 15.3. The van der Waals surface area contributed by atoms with E-state index in [9.17, 15) is 14.4 Å². The number of ether oxygens (including phenoxy) is 2. The van der Waals surface area contributed by atoms with Crippen LogP contribution < -0.4 is 19.7 Å². The van der Waals surface area contributed by atoms with Crippen molar-refractivity contribution >= 4 is 41.3 Å². The Hall–Kier alpha value is -3.52. The fraction of sp³-hybridized carbons (Fsp3) is 0.150. The van der Waals surface area contributed by atoms with Crippen molar-refractivity contribution in [3.8, 4) is 11.5 Å². The first kappa shape index (κ1) is 20.2. The molecule has 0 unspecified atom stereocenters. The van der Waals surface area contributed by atoms with E-state index in [4.69, 9.17) is 26.2 Å². The maximum atomic E-state index is 12.7. The predicted molar refractivity (Wildman–Crippen MR) is 106 cm³/mol. The maximum Gasteiger partial charge on any atom is 0.341 e. The number of carbonyl (C=O) groups is 3. The number of aliphatic carboxylic acids is 1. The molecule has 29 heavy (non-hydrogen) atoms. The summed E-state index contributed by atoms with van der Waals surface area (Å²) < 4.78 is 10.7. The summed E-state index contributed by atoms with van der Waals surface area (Å²) in [5, 5.41) is 11.8. The van der Waals surface area contributed by atoms with Crippen LogP contribution in [0, 0.1) is 0 Å². The smallest absolute Gasteiger partial charge is 0.341 e. The van der Waals surface area contributed by atoms with E-state index in [-0.39, 0.29) is 11.4 Å². The summed E-state index contributed by atoms with van der Waals surface area (Å²) in [5.41, 5.74) is 1.05. The third-order valence-corrected chi connectivity index (χ3v) is 4.14. The predicted octanol–water partition coefficient (Wildman–Crippen LogP) is 3.30. The Bertz CT molecular complexity index is 987. The second-order valence-electron chi connectivity index (χ2n) is 5.93. The molecule has 0 atom stereocenters. The number of carboxylic acid groups (broad SMARTS) is 1. The van der Waals surface area contributed by atoms with Gasteiger partial charge in [0.2, 0.25) is 0 Å². The molecule has 0 bridgehead atoms. The molecule has 0 saturated carbocycles. The van der Waals surface area contributed by atoms with Gasteiger partial charge in [0.1, 0.15) is 5.70 Å². The first-order chi connectivity index (χ1) is 13.9. The number of carboxylic acids is 1. The van der Waals surface area contributed by atoms with Crippen molar-refractivity contribution in [3.05, 3.63) is 58.7 Å². The number of imide groups is 1. The highest BCUT2D eigenvalue weighted by atomic mass is 35.5. The van der Waals surface area contributed by atoms with Gasteiger partial charge in [-0.1, -0.05) is 17.7 Å². The minimum atomic E-state index is -1.11. The summed E-state index contributed by atoms with van der Waals surface area (Å²) in [5.74, 6) is -1.03. The molecular weight excluding hydrogens is 400 g/mol. The molecule has 1 aliphatic heterocycles.